The molecule has 25 heavy (non-hydrogen) atoms. The molecule has 0 saturated carbocycles. The highest BCUT2D eigenvalue weighted by Crippen LogP contribution is 2.37. The summed E-state index contributed by atoms with van der Waals surface area (Å²) in [4.78, 5) is 15.1. The smallest absolute Gasteiger partial charge is 0.342 e. The number of esters is 1. The first-order valence-corrected chi connectivity index (χ1v) is 9.47. The second-order valence-corrected chi connectivity index (χ2v) is 8.23. The fraction of sp³-hybridized carbons (Fsp3) is 0.750. The Balaban J connectivity index is 1.67. The van der Waals surface area contributed by atoms with E-state index in [0.29, 0.717) is 30.5 Å². The maximum atomic E-state index is 12.7. The molecule has 5 nitrogen and oxygen atoms in total. The van der Waals surface area contributed by atoms with Crippen molar-refractivity contribution in [1.82, 2.24) is 4.90 Å². The number of aliphatic hydroxyl groups excluding tert-OH is 1. The minimum Gasteiger partial charge on any atom is -0.460 e. The van der Waals surface area contributed by atoms with Gasteiger partial charge in [0.05, 0.1) is 6.10 Å². The van der Waals surface area contributed by atoms with E-state index in [1.165, 1.54) is 18.9 Å². The molecule has 0 aromatic heterocycles. The lowest BCUT2D eigenvalue weighted by molar-refractivity contribution is -0.171. The Morgan fingerprint density at radius 3 is 2.56 bits per heavy atom. The zero-order valence-electron chi connectivity index (χ0n) is 15.6. The van der Waals surface area contributed by atoms with Crippen LogP contribution in [0.4, 0.5) is 0 Å². The van der Waals surface area contributed by atoms with Crippen LogP contribution in [0.3, 0.4) is 0 Å². The molecule has 2 aliphatic heterocycles. The molecule has 0 aromatic carbocycles. The number of aliphatic hydroxyl groups is 2. The van der Waals surface area contributed by atoms with E-state index in [2.05, 4.69) is 11.9 Å². The van der Waals surface area contributed by atoms with Crippen LogP contribution in [-0.4, -0.2) is 58.0 Å². The topological polar surface area (TPSA) is 70.0 Å². The van der Waals surface area contributed by atoms with Gasteiger partial charge in [0.15, 0.2) is 5.60 Å². The molecule has 0 radical (unpaired) electrons. The summed E-state index contributed by atoms with van der Waals surface area (Å²) < 4.78 is 5.71. The van der Waals surface area contributed by atoms with Crippen molar-refractivity contribution < 1.29 is 19.7 Å². The highest BCUT2D eigenvalue weighted by atomic mass is 16.6. The van der Waals surface area contributed by atoms with E-state index < -0.39 is 17.7 Å². The molecule has 1 aliphatic carbocycles. The molecule has 1 unspecified atom stereocenters. The monoisotopic (exact) mass is 349 g/mol. The van der Waals surface area contributed by atoms with Crippen LogP contribution in [0.5, 0.6) is 0 Å². The molecule has 2 heterocycles. The number of carbonyl (C=O) groups excluding carboxylic acids is 1. The fourth-order valence-electron chi connectivity index (χ4n) is 4.41. The second kappa shape index (κ2) is 7.22. The van der Waals surface area contributed by atoms with Gasteiger partial charge in [-0.3, -0.25) is 0 Å². The Kier molecular flexibility index (Phi) is 5.37. The van der Waals surface area contributed by atoms with Crippen LogP contribution in [0.1, 0.15) is 58.8 Å². The first kappa shape index (κ1) is 18.6. The largest absolute Gasteiger partial charge is 0.460 e. The molecule has 5 heteroatoms. The number of fused-ring (bicyclic) bond motifs is 2. The Labute approximate surface area is 150 Å². The van der Waals surface area contributed by atoms with Crippen molar-refractivity contribution in [1.29, 1.82) is 0 Å². The number of piperidine rings is 1. The molecule has 140 valence electrons. The van der Waals surface area contributed by atoms with Crippen molar-refractivity contribution in [3.8, 4) is 0 Å². The zero-order valence-corrected chi connectivity index (χ0v) is 15.6. The number of nitrogens with zero attached hydrogens (tertiary/aromatic N) is 1. The first-order chi connectivity index (χ1) is 11.8. The number of allylic oxidation sites excluding steroid dienone is 2. The lowest BCUT2D eigenvalue weighted by Gasteiger charge is -2.38. The predicted octanol–water partition coefficient (Wildman–Crippen LogP) is 2.32. The number of carbonyl (C=O) groups is 1. The number of hydrogen-bond acceptors (Lipinski definition) is 5. The summed E-state index contributed by atoms with van der Waals surface area (Å²) in [6, 6.07) is 0.978. The van der Waals surface area contributed by atoms with E-state index in [1.807, 2.05) is 19.9 Å². The van der Waals surface area contributed by atoms with Gasteiger partial charge in [-0.15, -0.1) is 0 Å². The second-order valence-electron chi connectivity index (χ2n) is 8.23. The number of ether oxygens (including phenoxy) is 1. The highest BCUT2D eigenvalue weighted by molar-refractivity contribution is 5.82. The summed E-state index contributed by atoms with van der Waals surface area (Å²) in [5.41, 5.74) is 0.244. The Morgan fingerprint density at radius 1 is 1.32 bits per heavy atom. The summed E-state index contributed by atoms with van der Waals surface area (Å²) in [6.07, 6.45) is 8.02. The molecule has 3 aliphatic rings. The van der Waals surface area contributed by atoms with Gasteiger partial charge >= 0.3 is 5.97 Å². The van der Waals surface area contributed by atoms with Crippen LogP contribution in [0.15, 0.2) is 23.3 Å². The van der Waals surface area contributed by atoms with Gasteiger partial charge in [0, 0.05) is 12.1 Å². The third-order valence-corrected chi connectivity index (χ3v) is 6.08. The van der Waals surface area contributed by atoms with Crippen LogP contribution in [0, 0.1) is 0 Å². The van der Waals surface area contributed by atoms with Gasteiger partial charge in [0.25, 0.3) is 0 Å². The zero-order chi connectivity index (χ0) is 18.2. The molecule has 3 rings (SSSR count). The summed E-state index contributed by atoms with van der Waals surface area (Å²) >= 11 is 0. The van der Waals surface area contributed by atoms with Crippen LogP contribution in [0.25, 0.3) is 0 Å². The van der Waals surface area contributed by atoms with Crippen molar-refractivity contribution in [2.45, 2.75) is 88.7 Å². The molecule has 2 fully saturated rings. The van der Waals surface area contributed by atoms with Gasteiger partial charge in [-0.2, -0.15) is 0 Å². The summed E-state index contributed by atoms with van der Waals surface area (Å²) in [7, 11) is 2.15. The predicted molar refractivity (Wildman–Crippen MR) is 96.0 cm³/mol. The quantitative estimate of drug-likeness (QED) is 0.602. The molecule has 2 N–H and O–H groups in total. The summed E-state index contributed by atoms with van der Waals surface area (Å²) in [5, 5.41) is 21.0. The molecule has 0 aromatic rings. The van der Waals surface area contributed by atoms with Gasteiger partial charge in [-0.25, -0.2) is 4.79 Å². The molecular formula is C20H31NO4. The average molecular weight is 349 g/mol. The van der Waals surface area contributed by atoms with Crippen molar-refractivity contribution in [2.75, 3.05) is 7.05 Å². The van der Waals surface area contributed by atoms with Crippen LogP contribution in [-0.2, 0) is 9.53 Å². The van der Waals surface area contributed by atoms with Crippen molar-refractivity contribution in [3.63, 3.8) is 0 Å². The number of rotatable bonds is 4. The van der Waals surface area contributed by atoms with Crippen molar-refractivity contribution in [2.24, 2.45) is 0 Å². The van der Waals surface area contributed by atoms with E-state index in [4.69, 9.17) is 4.74 Å². The Hall–Kier alpha value is -1.17. The van der Waals surface area contributed by atoms with Gasteiger partial charge in [0.2, 0.25) is 0 Å². The molecular weight excluding hydrogens is 318 g/mol. The van der Waals surface area contributed by atoms with Crippen molar-refractivity contribution >= 4 is 5.97 Å². The Bertz CT molecular complexity index is 566. The molecule has 2 bridgehead atoms. The summed E-state index contributed by atoms with van der Waals surface area (Å²) in [5.74, 6) is -0.553. The lowest BCUT2D eigenvalue weighted by Crippen LogP contribution is -2.48. The fourth-order valence-corrected chi connectivity index (χ4v) is 4.41. The van der Waals surface area contributed by atoms with E-state index in [9.17, 15) is 15.0 Å². The molecule has 0 spiro atoms. The molecule has 2 saturated heterocycles. The van der Waals surface area contributed by atoms with Gasteiger partial charge in [-0.1, -0.05) is 11.6 Å². The summed E-state index contributed by atoms with van der Waals surface area (Å²) in [6.45, 7) is 3.98. The van der Waals surface area contributed by atoms with Crippen LogP contribution >= 0.6 is 0 Å². The Morgan fingerprint density at radius 2 is 1.96 bits per heavy atom. The standard InChI is InChI=1S/C20H31NO4/c1-13(2)4-5-14-12-20(24,9-8-18(14)22)19(23)25-17-10-15-6-7-16(11-17)21(15)3/h4,12,15-18,22,24H,5-11H2,1-3H3/t15-,16+,17?,18-,20-/m1/s1. The maximum absolute atomic E-state index is 12.7. The third-order valence-electron chi connectivity index (χ3n) is 6.08. The van der Waals surface area contributed by atoms with Gasteiger partial charge in [0.1, 0.15) is 6.10 Å². The number of hydrogen-bond donors (Lipinski definition) is 2. The molecule has 0 amide bonds. The normalized spacial score (nSPS) is 38.2. The van der Waals surface area contributed by atoms with E-state index >= 15 is 0 Å². The SMILES string of the molecule is CC(C)=CCC1=C[C@@](O)(C(=O)OC2C[C@H]3CC[C@@H](C2)N3C)CC[C@H]1O. The molecule has 5 atom stereocenters. The average Bonchev–Trinajstić information content (AvgIpc) is 2.77. The van der Waals surface area contributed by atoms with Crippen LogP contribution in [0.2, 0.25) is 0 Å². The van der Waals surface area contributed by atoms with Crippen molar-refractivity contribution in [3.05, 3.63) is 23.3 Å². The maximum Gasteiger partial charge on any atom is 0.342 e. The minimum absolute atomic E-state index is 0.105. The van der Waals surface area contributed by atoms with E-state index in [0.717, 1.165) is 18.4 Å². The minimum atomic E-state index is -1.60. The van der Waals surface area contributed by atoms with Gasteiger partial charge in [-0.05, 0) is 77.5 Å². The lowest BCUT2D eigenvalue weighted by atomic mass is 9.83. The van der Waals surface area contributed by atoms with E-state index in [1.54, 1.807) is 0 Å². The van der Waals surface area contributed by atoms with E-state index in [-0.39, 0.29) is 12.5 Å². The third kappa shape index (κ3) is 3.99. The highest BCUT2D eigenvalue weighted by Gasteiger charge is 2.44. The van der Waals surface area contributed by atoms with Crippen LogP contribution < -0.4 is 0 Å². The first-order valence-electron chi connectivity index (χ1n) is 9.47. The van der Waals surface area contributed by atoms with Gasteiger partial charge < -0.3 is 19.8 Å².